The quantitative estimate of drug-likeness (QED) is 0.815. The summed E-state index contributed by atoms with van der Waals surface area (Å²) in [5, 5.41) is 0. The molecule has 0 saturated carbocycles. The molecule has 0 spiro atoms. The second kappa shape index (κ2) is 7.59. The summed E-state index contributed by atoms with van der Waals surface area (Å²) in [7, 11) is -2.45. The number of carbonyl (C=O) groups excluding carboxylic acids is 1. The van der Waals surface area contributed by atoms with Crippen LogP contribution >= 0.6 is 0 Å². The first-order chi connectivity index (χ1) is 11.3. The van der Waals surface area contributed by atoms with Gasteiger partial charge in [-0.05, 0) is 35.2 Å². The average Bonchev–Trinajstić information content (AvgIpc) is 2.59. The third-order valence-corrected chi connectivity index (χ3v) is 5.08. The summed E-state index contributed by atoms with van der Waals surface area (Å²) in [6, 6.07) is 13.6. The summed E-state index contributed by atoms with van der Waals surface area (Å²) in [6.07, 6.45) is 0. The number of hydrogen-bond donors (Lipinski definition) is 1. The molecule has 0 aliphatic carbocycles. The van der Waals surface area contributed by atoms with Gasteiger partial charge in [0.2, 0.25) is 10.0 Å². The Labute approximate surface area is 142 Å². The van der Waals surface area contributed by atoms with Gasteiger partial charge in [-0.1, -0.05) is 44.2 Å². The van der Waals surface area contributed by atoms with Gasteiger partial charge in [-0.2, -0.15) is 0 Å². The van der Waals surface area contributed by atoms with Gasteiger partial charge in [-0.25, -0.2) is 17.9 Å². The van der Waals surface area contributed by atoms with E-state index in [4.69, 9.17) is 0 Å². The van der Waals surface area contributed by atoms with E-state index in [1.807, 2.05) is 24.3 Å². The summed E-state index contributed by atoms with van der Waals surface area (Å²) in [5.74, 6) is -0.145. The molecule has 0 radical (unpaired) electrons. The molecule has 128 valence electrons. The third kappa shape index (κ3) is 4.43. The minimum atomic E-state index is -3.71. The number of nitrogens with one attached hydrogen (secondary N) is 1. The van der Waals surface area contributed by atoms with Crippen LogP contribution in [-0.4, -0.2) is 21.5 Å². The van der Waals surface area contributed by atoms with Crippen LogP contribution in [0.4, 0.5) is 0 Å². The second-order valence-electron chi connectivity index (χ2n) is 5.74. The molecule has 0 aromatic heterocycles. The molecule has 0 amide bonds. The number of methoxy groups -OCH3 is 1. The van der Waals surface area contributed by atoms with Gasteiger partial charge in [0, 0.05) is 6.54 Å². The van der Waals surface area contributed by atoms with Gasteiger partial charge in [-0.15, -0.1) is 0 Å². The summed E-state index contributed by atoms with van der Waals surface area (Å²) in [6.45, 7) is 4.39. The van der Waals surface area contributed by atoms with Crippen molar-refractivity contribution in [3.05, 3.63) is 65.2 Å². The molecule has 1 N–H and O–H groups in total. The van der Waals surface area contributed by atoms with Crippen molar-refractivity contribution < 1.29 is 17.9 Å². The largest absolute Gasteiger partial charge is 0.465 e. The van der Waals surface area contributed by atoms with Crippen molar-refractivity contribution in [1.82, 2.24) is 4.72 Å². The lowest BCUT2D eigenvalue weighted by Crippen LogP contribution is -2.23. The van der Waals surface area contributed by atoms with E-state index in [-0.39, 0.29) is 17.0 Å². The van der Waals surface area contributed by atoms with Crippen LogP contribution in [0.25, 0.3) is 0 Å². The molecule has 0 aliphatic heterocycles. The lowest BCUT2D eigenvalue weighted by molar-refractivity contribution is 0.0600. The maximum absolute atomic E-state index is 12.4. The van der Waals surface area contributed by atoms with Crippen LogP contribution in [0.15, 0.2) is 53.4 Å². The summed E-state index contributed by atoms with van der Waals surface area (Å²) in [4.78, 5) is 11.6. The van der Waals surface area contributed by atoms with Crippen molar-refractivity contribution in [2.24, 2.45) is 0 Å². The van der Waals surface area contributed by atoms with Crippen LogP contribution in [0.3, 0.4) is 0 Å². The first-order valence-corrected chi connectivity index (χ1v) is 9.08. The smallest absolute Gasteiger partial charge is 0.337 e. The molecule has 2 aromatic carbocycles. The fraction of sp³-hybridized carbons (Fsp3) is 0.278. The van der Waals surface area contributed by atoms with Crippen molar-refractivity contribution in [2.75, 3.05) is 7.11 Å². The highest BCUT2D eigenvalue weighted by Crippen LogP contribution is 2.16. The summed E-state index contributed by atoms with van der Waals surface area (Å²) >= 11 is 0. The number of esters is 1. The Bertz CT molecular complexity index is 811. The third-order valence-electron chi connectivity index (χ3n) is 3.68. The van der Waals surface area contributed by atoms with Crippen LogP contribution in [0.5, 0.6) is 0 Å². The zero-order chi connectivity index (χ0) is 17.7. The first kappa shape index (κ1) is 18.2. The van der Waals surface area contributed by atoms with E-state index in [0.717, 1.165) is 5.56 Å². The Morgan fingerprint density at radius 1 is 1.12 bits per heavy atom. The zero-order valence-electron chi connectivity index (χ0n) is 13.9. The number of ether oxygens (including phenoxy) is 1. The predicted octanol–water partition coefficient (Wildman–Crippen LogP) is 3.08. The van der Waals surface area contributed by atoms with Gasteiger partial charge in [0.25, 0.3) is 0 Å². The van der Waals surface area contributed by atoms with Gasteiger partial charge in [0.1, 0.15) is 0 Å². The van der Waals surface area contributed by atoms with Crippen LogP contribution in [0.1, 0.15) is 41.3 Å². The van der Waals surface area contributed by atoms with Gasteiger partial charge in [-0.3, -0.25) is 0 Å². The Morgan fingerprint density at radius 2 is 1.79 bits per heavy atom. The maximum Gasteiger partial charge on any atom is 0.337 e. The highest BCUT2D eigenvalue weighted by Gasteiger charge is 2.16. The first-order valence-electron chi connectivity index (χ1n) is 7.60. The van der Waals surface area contributed by atoms with E-state index < -0.39 is 16.0 Å². The normalized spacial score (nSPS) is 11.5. The Morgan fingerprint density at radius 3 is 2.38 bits per heavy atom. The van der Waals surface area contributed by atoms with Crippen molar-refractivity contribution >= 4 is 16.0 Å². The molecule has 0 saturated heterocycles. The van der Waals surface area contributed by atoms with Crippen LogP contribution in [0, 0.1) is 0 Å². The van der Waals surface area contributed by atoms with Crippen molar-refractivity contribution in [3.63, 3.8) is 0 Å². The number of carbonyl (C=O) groups is 1. The van der Waals surface area contributed by atoms with Gasteiger partial charge in [0.05, 0.1) is 17.6 Å². The van der Waals surface area contributed by atoms with Crippen molar-refractivity contribution in [2.45, 2.75) is 31.2 Å². The Hall–Kier alpha value is -2.18. The Balaban J connectivity index is 2.12. The summed E-state index contributed by atoms with van der Waals surface area (Å²) in [5.41, 5.74) is 2.26. The van der Waals surface area contributed by atoms with E-state index in [2.05, 4.69) is 23.3 Å². The number of hydrogen-bond acceptors (Lipinski definition) is 4. The minimum absolute atomic E-state index is 0.0317. The molecule has 0 fully saturated rings. The zero-order valence-corrected chi connectivity index (χ0v) is 14.8. The van der Waals surface area contributed by atoms with Gasteiger partial charge >= 0.3 is 5.97 Å². The van der Waals surface area contributed by atoms with E-state index >= 15 is 0 Å². The molecule has 2 aromatic rings. The van der Waals surface area contributed by atoms with Crippen LogP contribution in [-0.2, 0) is 21.3 Å². The van der Waals surface area contributed by atoms with Gasteiger partial charge < -0.3 is 4.74 Å². The molecule has 0 atom stereocenters. The fourth-order valence-electron chi connectivity index (χ4n) is 2.19. The molecule has 0 heterocycles. The van der Waals surface area contributed by atoms with Gasteiger partial charge in [0.15, 0.2) is 0 Å². The molecule has 0 aliphatic rings. The SMILES string of the molecule is COC(=O)c1cccc(S(=O)(=O)NCc2ccc(C(C)C)cc2)c1. The molecule has 2 rings (SSSR count). The van der Waals surface area contributed by atoms with E-state index in [0.29, 0.717) is 5.92 Å². The summed E-state index contributed by atoms with van der Waals surface area (Å²) < 4.78 is 31.9. The molecule has 24 heavy (non-hydrogen) atoms. The van der Waals surface area contributed by atoms with Crippen molar-refractivity contribution in [3.8, 4) is 0 Å². The Kier molecular flexibility index (Phi) is 5.75. The van der Waals surface area contributed by atoms with E-state index in [9.17, 15) is 13.2 Å². The standard InChI is InChI=1S/C18H21NO4S/c1-13(2)15-9-7-14(8-10-15)12-19-24(21,22)17-6-4-5-16(11-17)18(20)23-3/h4-11,13,19H,12H2,1-3H3. The molecular weight excluding hydrogens is 326 g/mol. The minimum Gasteiger partial charge on any atom is -0.465 e. The highest BCUT2D eigenvalue weighted by atomic mass is 32.2. The lowest BCUT2D eigenvalue weighted by Gasteiger charge is -2.09. The second-order valence-corrected chi connectivity index (χ2v) is 7.51. The molecule has 0 bridgehead atoms. The highest BCUT2D eigenvalue weighted by molar-refractivity contribution is 7.89. The maximum atomic E-state index is 12.4. The number of benzene rings is 2. The topological polar surface area (TPSA) is 72.5 Å². The fourth-order valence-corrected chi connectivity index (χ4v) is 3.25. The average molecular weight is 347 g/mol. The van der Waals surface area contributed by atoms with Crippen LogP contribution < -0.4 is 4.72 Å². The number of sulfonamides is 1. The molecule has 6 heteroatoms. The predicted molar refractivity (Wildman–Crippen MR) is 92.3 cm³/mol. The number of rotatable bonds is 6. The van der Waals surface area contributed by atoms with E-state index in [1.54, 1.807) is 0 Å². The van der Waals surface area contributed by atoms with E-state index in [1.165, 1.54) is 36.9 Å². The molecule has 5 nitrogen and oxygen atoms in total. The van der Waals surface area contributed by atoms with Crippen molar-refractivity contribution in [1.29, 1.82) is 0 Å². The van der Waals surface area contributed by atoms with Crippen LogP contribution in [0.2, 0.25) is 0 Å². The monoisotopic (exact) mass is 347 g/mol. The molecular formula is C18H21NO4S. The lowest BCUT2D eigenvalue weighted by atomic mass is 10.0. The molecule has 0 unspecified atom stereocenters.